The summed E-state index contributed by atoms with van der Waals surface area (Å²) in [5, 5.41) is 0. The Morgan fingerprint density at radius 2 is 1.85 bits per heavy atom. The molecule has 0 heterocycles. The molecule has 0 spiro atoms. The minimum atomic E-state index is 0. The molecule has 0 radical (unpaired) electrons. The first-order valence-electron chi connectivity index (χ1n) is 3.55. The molecule has 74 valence electrons. The Morgan fingerprint density at radius 3 is 2.15 bits per heavy atom. The number of allylic oxidation sites excluding steroid dienone is 4. The van der Waals surface area contributed by atoms with Crippen molar-refractivity contribution in [2.75, 3.05) is 0 Å². The molecular formula is C9H13Cl3Ti. The summed E-state index contributed by atoms with van der Waals surface area (Å²) >= 11 is 0. The van der Waals surface area contributed by atoms with Crippen LogP contribution in [0.25, 0.3) is 0 Å². The Hall–Kier alpha value is 1.06. The van der Waals surface area contributed by atoms with E-state index in [9.17, 15) is 0 Å². The smallest absolute Gasteiger partial charge is 1.00 e. The van der Waals surface area contributed by atoms with Crippen LogP contribution in [0.4, 0.5) is 0 Å². The van der Waals surface area contributed by atoms with Crippen LogP contribution in [0.2, 0.25) is 0 Å². The van der Waals surface area contributed by atoms with Gasteiger partial charge in [0, 0.05) is 0 Å². The van der Waals surface area contributed by atoms with Gasteiger partial charge in [0.15, 0.2) is 0 Å². The molecule has 0 N–H and O–H groups in total. The zero-order valence-electron chi connectivity index (χ0n) is 7.78. The maximum Gasteiger partial charge on any atom is 4.00 e. The summed E-state index contributed by atoms with van der Waals surface area (Å²) < 4.78 is 0. The van der Waals surface area contributed by atoms with Gasteiger partial charge in [-0.25, -0.2) is 11.6 Å². The minimum Gasteiger partial charge on any atom is -1.00 e. The molecule has 0 aromatic rings. The van der Waals surface area contributed by atoms with Crippen LogP contribution in [0.5, 0.6) is 0 Å². The van der Waals surface area contributed by atoms with Gasteiger partial charge in [-0.2, -0.15) is 6.08 Å². The zero-order chi connectivity index (χ0) is 6.69. The molecule has 0 saturated heterocycles. The molecule has 0 aliphatic heterocycles. The minimum absolute atomic E-state index is 0. The Kier molecular flexibility index (Phi) is 23.8. The van der Waals surface area contributed by atoms with E-state index in [2.05, 4.69) is 32.1 Å². The van der Waals surface area contributed by atoms with E-state index in [1.165, 1.54) is 12.0 Å². The normalized spacial score (nSPS) is 11.8. The Morgan fingerprint density at radius 1 is 1.31 bits per heavy atom. The third-order valence-electron chi connectivity index (χ3n) is 1.39. The fourth-order valence-electron chi connectivity index (χ4n) is 1.03. The molecule has 0 amide bonds. The van der Waals surface area contributed by atoms with Crippen molar-refractivity contribution in [3.63, 3.8) is 0 Å². The first kappa shape index (κ1) is 23.7. The van der Waals surface area contributed by atoms with Crippen LogP contribution < -0.4 is 37.2 Å². The Balaban J connectivity index is -0.000000101. The molecule has 0 unspecified atom stereocenters. The average molecular weight is 275 g/mol. The fraction of sp³-hybridized carbons (Fsp3) is 0.556. The second-order valence-corrected chi connectivity index (χ2v) is 2.91. The van der Waals surface area contributed by atoms with Crippen LogP contribution in [-0.4, -0.2) is 0 Å². The van der Waals surface area contributed by atoms with Crippen molar-refractivity contribution in [2.45, 2.75) is 26.7 Å². The van der Waals surface area contributed by atoms with Crippen molar-refractivity contribution < 1.29 is 58.9 Å². The molecule has 0 nitrogen and oxygen atoms in total. The van der Waals surface area contributed by atoms with E-state index in [0.717, 1.165) is 12.3 Å². The van der Waals surface area contributed by atoms with Gasteiger partial charge in [-0.1, -0.05) is 20.3 Å². The first-order valence-corrected chi connectivity index (χ1v) is 3.55. The summed E-state index contributed by atoms with van der Waals surface area (Å²) in [5.41, 5.74) is 1.39. The largest absolute Gasteiger partial charge is 4.00 e. The van der Waals surface area contributed by atoms with Crippen LogP contribution in [0, 0.1) is 12.0 Å². The first-order chi connectivity index (χ1) is 4.29. The van der Waals surface area contributed by atoms with Crippen LogP contribution in [-0.2, 0) is 21.7 Å². The van der Waals surface area contributed by atoms with Crippen molar-refractivity contribution in [1.29, 1.82) is 0 Å². The molecule has 0 saturated carbocycles. The van der Waals surface area contributed by atoms with Crippen LogP contribution in [0.1, 0.15) is 26.7 Å². The molecule has 1 aliphatic carbocycles. The van der Waals surface area contributed by atoms with Gasteiger partial charge in [0.25, 0.3) is 0 Å². The van der Waals surface area contributed by atoms with Crippen molar-refractivity contribution in [3.8, 4) is 0 Å². The summed E-state index contributed by atoms with van der Waals surface area (Å²) in [4.78, 5) is 0. The van der Waals surface area contributed by atoms with Crippen molar-refractivity contribution in [3.05, 3.63) is 23.8 Å². The summed E-state index contributed by atoms with van der Waals surface area (Å²) in [6.45, 7) is 4.47. The molecule has 0 aromatic carbocycles. The van der Waals surface area contributed by atoms with Gasteiger partial charge < -0.3 is 37.2 Å². The van der Waals surface area contributed by atoms with E-state index in [1.807, 2.05) is 0 Å². The summed E-state index contributed by atoms with van der Waals surface area (Å²) in [7, 11) is 0. The molecule has 1 rings (SSSR count). The zero-order valence-corrected chi connectivity index (χ0v) is 11.6. The van der Waals surface area contributed by atoms with Crippen molar-refractivity contribution >= 4 is 0 Å². The molecule has 0 aromatic heterocycles. The van der Waals surface area contributed by atoms with E-state index < -0.39 is 0 Å². The molecule has 1 aliphatic rings. The SMILES string of the molecule is CC(C)CC1=[C-]CC=C1.[Cl-].[Cl-].[Cl-].[Ti+4]. The van der Waals surface area contributed by atoms with Gasteiger partial charge in [0.2, 0.25) is 0 Å². The molecule has 13 heavy (non-hydrogen) atoms. The maximum absolute atomic E-state index is 3.29. The summed E-state index contributed by atoms with van der Waals surface area (Å²) in [5.74, 6) is 0.773. The summed E-state index contributed by atoms with van der Waals surface area (Å²) in [6, 6.07) is 0. The molecular weight excluding hydrogens is 262 g/mol. The monoisotopic (exact) mass is 274 g/mol. The van der Waals surface area contributed by atoms with Crippen LogP contribution in [0.15, 0.2) is 17.7 Å². The standard InChI is InChI=1S/C9H13.3ClH.Ti/c1-8(2)7-9-5-3-4-6-9;;;;/h3,5,8H,4,7H2,1-2H3;3*1H;/q-1;;;;+4/p-3. The fourth-order valence-corrected chi connectivity index (χ4v) is 1.03. The quantitative estimate of drug-likeness (QED) is 0.347. The Labute approximate surface area is 115 Å². The molecule has 0 atom stereocenters. The second-order valence-electron chi connectivity index (χ2n) is 2.91. The van der Waals surface area contributed by atoms with Gasteiger partial charge in [0.05, 0.1) is 0 Å². The van der Waals surface area contributed by atoms with Crippen molar-refractivity contribution in [1.82, 2.24) is 0 Å². The third kappa shape index (κ3) is 11.0. The number of hydrogen-bond acceptors (Lipinski definition) is 0. The van der Waals surface area contributed by atoms with Gasteiger partial charge in [-0.3, -0.25) is 6.08 Å². The van der Waals surface area contributed by atoms with E-state index in [1.54, 1.807) is 0 Å². The number of rotatable bonds is 2. The van der Waals surface area contributed by atoms with E-state index in [4.69, 9.17) is 0 Å². The molecule has 0 fully saturated rings. The maximum atomic E-state index is 3.29. The Bertz CT molecular complexity index is 153. The van der Waals surface area contributed by atoms with Gasteiger partial charge in [-0.15, -0.1) is 6.42 Å². The van der Waals surface area contributed by atoms with Crippen molar-refractivity contribution in [2.24, 2.45) is 5.92 Å². The van der Waals surface area contributed by atoms with Gasteiger partial charge >= 0.3 is 21.7 Å². The summed E-state index contributed by atoms with van der Waals surface area (Å²) in [6.07, 6.45) is 9.86. The second kappa shape index (κ2) is 13.1. The topological polar surface area (TPSA) is 0 Å². The van der Waals surface area contributed by atoms with Crippen LogP contribution in [0.3, 0.4) is 0 Å². The van der Waals surface area contributed by atoms with Gasteiger partial charge in [0.1, 0.15) is 0 Å². The average Bonchev–Trinajstić information content (AvgIpc) is 2.15. The predicted molar refractivity (Wildman–Crippen MR) is 40.0 cm³/mol. The van der Waals surface area contributed by atoms with E-state index in [0.29, 0.717) is 0 Å². The van der Waals surface area contributed by atoms with E-state index in [-0.39, 0.29) is 58.9 Å². The predicted octanol–water partition coefficient (Wildman–Crippen LogP) is -6.27. The van der Waals surface area contributed by atoms with Crippen LogP contribution >= 0.6 is 0 Å². The third-order valence-corrected chi connectivity index (χ3v) is 1.39. The van der Waals surface area contributed by atoms with Gasteiger partial charge in [-0.05, 0) is 5.92 Å². The number of hydrogen-bond donors (Lipinski definition) is 0. The number of halogens is 3. The molecule has 4 heteroatoms. The van der Waals surface area contributed by atoms with E-state index >= 15 is 0 Å². The molecule has 0 bridgehead atoms.